The second kappa shape index (κ2) is 8.51. The summed E-state index contributed by atoms with van der Waals surface area (Å²) in [5.41, 5.74) is 1.59. The quantitative estimate of drug-likeness (QED) is 0.411. The first-order chi connectivity index (χ1) is 14.5. The lowest BCUT2D eigenvalue weighted by molar-refractivity contribution is -0.113. The smallest absolute Gasteiger partial charge is 0.333 e. The third kappa shape index (κ3) is 4.11. The Hall–Kier alpha value is -3.45. The van der Waals surface area contributed by atoms with Gasteiger partial charge in [0.25, 0.3) is 5.91 Å². The van der Waals surface area contributed by atoms with Crippen LogP contribution in [0.4, 0.5) is 14.9 Å². The monoisotopic (exact) mass is 466 g/mol. The summed E-state index contributed by atoms with van der Waals surface area (Å²) in [4.78, 5) is 26.2. The summed E-state index contributed by atoms with van der Waals surface area (Å²) >= 11 is 3.40. The van der Waals surface area contributed by atoms with E-state index in [4.69, 9.17) is 4.74 Å². The molecule has 0 bridgehead atoms. The van der Waals surface area contributed by atoms with Crippen LogP contribution in [0.5, 0.6) is 5.75 Å². The van der Waals surface area contributed by atoms with Crippen LogP contribution in [0.3, 0.4) is 0 Å². The molecule has 30 heavy (non-hydrogen) atoms. The fraction of sp³-hybridized carbons (Fsp3) is 0.0435. The van der Waals surface area contributed by atoms with Crippen molar-refractivity contribution in [2.24, 2.45) is 0 Å². The van der Waals surface area contributed by atoms with Crippen molar-refractivity contribution in [1.29, 1.82) is 0 Å². The number of amides is 3. The molecular weight excluding hydrogens is 451 g/mol. The van der Waals surface area contributed by atoms with Gasteiger partial charge in [0, 0.05) is 15.6 Å². The number of nitrogens with zero attached hydrogens (tertiary/aromatic N) is 1. The SMILES string of the molecule is O=C1NC(=Cc2cc(Br)ccc2OCc2ccccc2F)C(=O)N1c1ccccc1. The van der Waals surface area contributed by atoms with E-state index >= 15 is 0 Å². The molecule has 3 amide bonds. The van der Waals surface area contributed by atoms with Crippen LogP contribution >= 0.6 is 15.9 Å². The van der Waals surface area contributed by atoms with E-state index in [2.05, 4.69) is 21.2 Å². The number of hydrogen-bond acceptors (Lipinski definition) is 3. The fourth-order valence-electron chi connectivity index (χ4n) is 3.04. The average molecular weight is 467 g/mol. The number of para-hydroxylation sites is 1. The molecule has 1 fully saturated rings. The van der Waals surface area contributed by atoms with Crippen molar-refractivity contribution in [2.75, 3.05) is 4.90 Å². The summed E-state index contributed by atoms with van der Waals surface area (Å²) in [5.74, 6) is -0.369. The Balaban J connectivity index is 1.62. The number of halogens is 2. The Kier molecular flexibility index (Phi) is 5.63. The molecule has 3 aromatic rings. The summed E-state index contributed by atoms with van der Waals surface area (Å²) in [5, 5.41) is 2.60. The minimum atomic E-state index is -0.527. The second-order valence-electron chi connectivity index (χ2n) is 6.53. The van der Waals surface area contributed by atoms with E-state index in [1.54, 1.807) is 72.8 Å². The number of ether oxygens (including phenoxy) is 1. The zero-order valence-corrected chi connectivity index (χ0v) is 17.2. The highest BCUT2D eigenvalue weighted by atomic mass is 79.9. The second-order valence-corrected chi connectivity index (χ2v) is 7.44. The number of urea groups is 1. The van der Waals surface area contributed by atoms with Gasteiger partial charge in [-0.1, -0.05) is 52.3 Å². The molecule has 1 aliphatic rings. The van der Waals surface area contributed by atoms with Gasteiger partial charge in [-0.15, -0.1) is 0 Å². The van der Waals surface area contributed by atoms with Gasteiger partial charge in [-0.05, 0) is 42.5 Å². The maximum absolute atomic E-state index is 13.9. The molecule has 1 N–H and O–H groups in total. The Bertz CT molecular complexity index is 1150. The topological polar surface area (TPSA) is 58.6 Å². The molecule has 3 aromatic carbocycles. The van der Waals surface area contributed by atoms with E-state index in [1.165, 1.54) is 6.07 Å². The maximum Gasteiger partial charge on any atom is 0.333 e. The molecule has 1 saturated heterocycles. The predicted octanol–water partition coefficient (Wildman–Crippen LogP) is 5.26. The first-order valence-corrected chi connectivity index (χ1v) is 9.90. The number of benzene rings is 3. The van der Waals surface area contributed by atoms with E-state index < -0.39 is 11.9 Å². The summed E-state index contributed by atoms with van der Waals surface area (Å²) in [6.07, 6.45) is 1.55. The van der Waals surface area contributed by atoms with Gasteiger partial charge in [0.15, 0.2) is 0 Å². The Morgan fingerprint density at radius 1 is 1.00 bits per heavy atom. The van der Waals surface area contributed by atoms with Crippen LogP contribution in [0.15, 0.2) is 83.0 Å². The van der Waals surface area contributed by atoms with Crippen LogP contribution < -0.4 is 15.0 Å². The van der Waals surface area contributed by atoms with Crippen molar-refractivity contribution in [3.05, 3.63) is 99.9 Å². The number of carbonyl (C=O) groups is 2. The van der Waals surface area contributed by atoms with Crippen LogP contribution in [0, 0.1) is 5.82 Å². The van der Waals surface area contributed by atoms with Crippen molar-refractivity contribution in [1.82, 2.24) is 5.32 Å². The number of hydrogen-bond donors (Lipinski definition) is 1. The predicted molar refractivity (Wildman–Crippen MR) is 115 cm³/mol. The molecule has 0 unspecified atom stereocenters. The van der Waals surface area contributed by atoms with Gasteiger partial charge in [0.1, 0.15) is 23.9 Å². The number of nitrogens with one attached hydrogen (secondary N) is 1. The zero-order valence-electron chi connectivity index (χ0n) is 15.6. The molecule has 4 rings (SSSR count). The van der Waals surface area contributed by atoms with E-state index in [0.717, 1.165) is 9.37 Å². The molecular formula is C23H16BrFN2O3. The van der Waals surface area contributed by atoms with Gasteiger partial charge in [0.05, 0.1) is 5.69 Å². The van der Waals surface area contributed by atoms with E-state index in [1.807, 2.05) is 0 Å². The summed E-state index contributed by atoms with van der Waals surface area (Å²) in [6, 6.07) is 19.8. The van der Waals surface area contributed by atoms with Gasteiger partial charge in [-0.3, -0.25) is 4.79 Å². The molecule has 0 aliphatic carbocycles. The van der Waals surface area contributed by atoms with Crippen molar-refractivity contribution < 1.29 is 18.7 Å². The Morgan fingerprint density at radius 3 is 2.50 bits per heavy atom. The normalized spacial score (nSPS) is 14.9. The van der Waals surface area contributed by atoms with Crippen LogP contribution in [-0.2, 0) is 11.4 Å². The lowest BCUT2D eigenvalue weighted by Crippen LogP contribution is -2.30. The number of rotatable bonds is 5. The van der Waals surface area contributed by atoms with E-state index in [9.17, 15) is 14.0 Å². The molecule has 0 spiro atoms. The Morgan fingerprint density at radius 2 is 1.73 bits per heavy atom. The average Bonchev–Trinajstić information content (AvgIpc) is 3.02. The van der Waals surface area contributed by atoms with Crippen LogP contribution in [-0.4, -0.2) is 11.9 Å². The fourth-order valence-corrected chi connectivity index (χ4v) is 3.42. The Labute approximate surface area is 180 Å². The highest BCUT2D eigenvalue weighted by Gasteiger charge is 2.34. The van der Waals surface area contributed by atoms with Gasteiger partial charge in [-0.2, -0.15) is 0 Å². The van der Waals surface area contributed by atoms with Crippen molar-refractivity contribution in [2.45, 2.75) is 6.61 Å². The number of imide groups is 1. The molecule has 5 nitrogen and oxygen atoms in total. The zero-order chi connectivity index (χ0) is 21.1. The van der Waals surface area contributed by atoms with E-state index in [0.29, 0.717) is 22.6 Å². The lowest BCUT2D eigenvalue weighted by Gasteiger charge is -2.12. The van der Waals surface area contributed by atoms with Crippen molar-refractivity contribution in [3.8, 4) is 5.75 Å². The maximum atomic E-state index is 13.9. The first-order valence-electron chi connectivity index (χ1n) is 9.11. The highest BCUT2D eigenvalue weighted by Crippen LogP contribution is 2.28. The summed E-state index contributed by atoms with van der Waals surface area (Å²) in [7, 11) is 0. The van der Waals surface area contributed by atoms with Crippen LogP contribution in [0.2, 0.25) is 0 Å². The van der Waals surface area contributed by atoms with Gasteiger partial charge < -0.3 is 10.1 Å². The van der Waals surface area contributed by atoms with Gasteiger partial charge >= 0.3 is 6.03 Å². The number of carbonyl (C=O) groups excluding carboxylic acids is 2. The summed E-state index contributed by atoms with van der Waals surface area (Å²) in [6.45, 7) is 0.0287. The highest BCUT2D eigenvalue weighted by molar-refractivity contribution is 9.10. The first kappa shape index (κ1) is 19.8. The summed E-state index contributed by atoms with van der Waals surface area (Å²) < 4.78 is 20.5. The molecule has 150 valence electrons. The van der Waals surface area contributed by atoms with Crippen molar-refractivity contribution in [3.63, 3.8) is 0 Å². The van der Waals surface area contributed by atoms with Crippen LogP contribution in [0.25, 0.3) is 6.08 Å². The third-order valence-electron chi connectivity index (χ3n) is 4.51. The van der Waals surface area contributed by atoms with E-state index in [-0.39, 0.29) is 18.1 Å². The largest absolute Gasteiger partial charge is 0.488 e. The molecule has 0 atom stereocenters. The molecule has 7 heteroatoms. The minimum Gasteiger partial charge on any atom is -0.488 e. The van der Waals surface area contributed by atoms with Crippen LogP contribution in [0.1, 0.15) is 11.1 Å². The van der Waals surface area contributed by atoms with Gasteiger partial charge in [0.2, 0.25) is 0 Å². The molecule has 0 saturated carbocycles. The molecule has 1 heterocycles. The minimum absolute atomic E-state index is 0.0287. The van der Waals surface area contributed by atoms with Gasteiger partial charge in [-0.25, -0.2) is 14.1 Å². The molecule has 0 radical (unpaired) electrons. The van der Waals surface area contributed by atoms with Crippen molar-refractivity contribution >= 4 is 39.6 Å². The standard InChI is InChI=1S/C23H16BrFN2O3/c24-17-10-11-21(30-14-15-6-4-5-9-19(15)25)16(12-17)13-20-22(28)27(23(29)26-20)18-7-2-1-3-8-18/h1-13H,14H2,(H,26,29). The lowest BCUT2D eigenvalue weighted by atomic mass is 10.1. The molecule has 0 aromatic heterocycles. The third-order valence-corrected chi connectivity index (χ3v) is 5.00. The molecule has 1 aliphatic heterocycles. The number of anilines is 1.